The van der Waals surface area contributed by atoms with Gasteiger partial charge in [-0.2, -0.15) is 0 Å². The number of ether oxygens (including phenoxy) is 4. The molecule has 1 fully saturated rings. The molecule has 0 aromatic rings. The lowest BCUT2D eigenvalue weighted by Gasteiger charge is -2.47. The summed E-state index contributed by atoms with van der Waals surface area (Å²) in [5.41, 5.74) is 0.267. The van der Waals surface area contributed by atoms with Crippen LogP contribution in [0.5, 0.6) is 0 Å². The van der Waals surface area contributed by atoms with Crippen LogP contribution in [-0.4, -0.2) is 39.0 Å². The number of rotatable bonds is 17. The Morgan fingerprint density at radius 1 is 0.808 bits per heavy atom. The Balaban J connectivity index is 2.80. The second kappa shape index (κ2) is 13.1. The van der Waals surface area contributed by atoms with Crippen molar-refractivity contribution in [3.63, 3.8) is 0 Å². The van der Waals surface area contributed by atoms with E-state index in [4.69, 9.17) is 18.9 Å². The Labute approximate surface area is 162 Å². The summed E-state index contributed by atoms with van der Waals surface area (Å²) in [6.45, 7) is 14.1. The first kappa shape index (κ1) is 23.9. The van der Waals surface area contributed by atoms with Crippen molar-refractivity contribution in [1.29, 1.82) is 0 Å². The van der Waals surface area contributed by atoms with Gasteiger partial charge >= 0.3 is 0 Å². The van der Waals surface area contributed by atoms with E-state index < -0.39 is 5.97 Å². The molecule has 26 heavy (non-hydrogen) atoms. The summed E-state index contributed by atoms with van der Waals surface area (Å²) < 4.78 is 24.0. The van der Waals surface area contributed by atoms with Gasteiger partial charge in [0.25, 0.3) is 5.97 Å². The van der Waals surface area contributed by atoms with Gasteiger partial charge in [0.15, 0.2) is 0 Å². The first-order chi connectivity index (χ1) is 12.6. The lowest BCUT2D eigenvalue weighted by molar-refractivity contribution is -0.407. The molecule has 1 atom stereocenters. The van der Waals surface area contributed by atoms with Crippen LogP contribution >= 0.6 is 0 Å². The third kappa shape index (κ3) is 7.10. The molecule has 1 aliphatic rings. The molecule has 4 heteroatoms. The van der Waals surface area contributed by atoms with Crippen LogP contribution in [0.2, 0.25) is 0 Å². The van der Waals surface area contributed by atoms with Crippen LogP contribution in [0.1, 0.15) is 92.4 Å². The molecule has 4 nitrogen and oxygen atoms in total. The third-order valence-corrected chi connectivity index (χ3v) is 5.69. The lowest BCUT2D eigenvalue weighted by atomic mass is 9.73. The van der Waals surface area contributed by atoms with Crippen molar-refractivity contribution in [2.45, 2.75) is 98.4 Å². The lowest BCUT2D eigenvalue weighted by Crippen LogP contribution is -2.52. The molecule has 0 amide bonds. The van der Waals surface area contributed by atoms with E-state index in [1.54, 1.807) is 0 Å². The van der Waals surface area contributed by atoms with Crippen molar-refractivity contribution in [3.8, 4) is 0 Å². The Hall–Kier alpha value is -0.160. The second-order valence-electron chi connectivity index (χ2n) is 7.71. The fourth-order valence-corrected chi connectivity index (χ4v) is 4.04. The van der Waals surface area contributed by atoms with E-state index in [1.807, 2.05) is 20.8 Å². The molecule has 1 saturated heterocycles. The van der Waals surface area contributed by atoms with Gasteiger partial charge in [0, 0.05) is 31.2 Å². The molecule has 1 aliphatic heterocycles. The van der Waals surface area contributed by atoms with E-state index >= 15 is 0 Å². The van der Waals surface area contributed by atoms with Crippen LogP contribution in [0, 0.1) is 11.3 Å². The maximum atomic E-state index is 6.14. The minimum atomic E-state index is -0.903. The molecule has 0 aromatic heterocycles. The minimum absolute atomic E-state index is 0.248. The zero-order valence-corrected chi connectivity index (χ0v) is 18.1. The molecule has 0 saturated carbocycles. The first-order valence-corrected chi connectivity index (χ1v) is 11.1. The van der Waals surface area contributed by atoms with E-state index in [1.165, 1.54) is 38.5 Å². The molecule has 0 bridgehead atoms. The molecule has 1 unspecified atom stereocenters. The highest BCUT2D eigenvalue weighted by atomic mass is 16.9. The van der Waals surface area contributed by atoms with Crippen molar-refractivity contribution in [1.82, 2.24) is 0 Å². The van der Waals surface area contributed by atoms with E-state index in [-0.39, 0.29) is 11.3 Å². The Morgan fingerprint density at radius 3 is 1.77 bits per heavy atom. The largest absolute Gasteiger partial charge is 0.380 e. The molecule has 1 heterocycles. The molecule has 0 N–H and O–H groups in total. The molecule has 156 valence electrons. The molecule has 0 radical (unpaired) electrons. The Morgan fingerprint density at radius 2 is 1.35 bits per heavy atom. The van der Waals surface area contributed by atoms with E-state index in [2.05, 4.69) is 13.8 Å². The van der Waals surface area contributed by atoms with Crippen molar-refractivity contribution in [2.24, 2.45) is 11.3 Å². The standard InChI is InChI=1S/C22H44O4/c1-6-11-12-13-14-15-16-20(17-21(7-2)18-23-19-21)22(24-8-3,25-9-4)26-10-5/h20H,6-19H2,1-5H3. The van der Waals surface area contributed by atoms with Crippen LogP contribution < -0.4 is 0 Å². The summed E-state index contributed by atoms with van der Waals surface area (Å²) in [6.07, 6.45) is 11.1. The predicted octanol–water partition coefficient (Wildman–Crippen LogP) is 5.93. The van der Waals surface area contributed by atoms with Crippen molar-refractivity contribution >= 4 is 0 Å². The minimum Gasteiger partial charge on any atom is -0.380 e. The average Bonchev–Trinajstić information content (AvgIpc) is 2.59. The van der Waals surface area contributed by atoms with Crippen LogP contribution in [0.3, 0.4) is 0 Å². The normalized spacial score (nSPS) is 17.9. The van der Waals surface area contributed by atoms with Crippen LogP contribution in [0.4, 0.5) is 0 Å². The fourth-order valence-electron chi connectivity index (χ4n) is 4.04. The molecule has 0 aliphatic carbocycles. The van der Waals surface area contributed by atoms with Gasteiger partial charge in [-0.1, -0.05) is 52.4 Å². The van der Waals surface area contributed by atoms with Gasteiger partial charge in [-0.25, -0.2) is 0 Å². The summed E-state index contributed by atoms with van der Waals surface area (Å²) in [7, 11) is 0. The fraction of sp³-hybridized carbons (Fsp3) is 1.00. The van der Waals surface area contributed by atoms with E-state index in [9.17, 15) is 0 Å². The van der Waals surface area contributed by atoms with Crippen molar-refractivity contribution in [3.05, 3.63) is 0 Å². The summed E-state index contributed by atoms with van der Waals surface area (Å²) in [6, 6.07) is 0. The molecule has 0 aromatic carbocycles. The van der Waals surface area contributed by atoms with Gasteiger partial charge in [0.1, 0.15) is 0 Å². The van der Waals surface area contributed by atoms with Gasteiger partial charge in [-0.3, -0.25) is 0 Å². The SMILES string of the molecule is CCCCCCCCC(CC1(CC)COC1)C(OCC)(OCC)OCC. The summed E-state index contributed by atoms with van der Waals surface area (Å²) in [5.74, 6) is -0.656. The van der Waals surface area contributed by atoms with E-state index in [0.717, 1.165) is 32.5 Å². The highest BCUT2D eigenvalue weighted by Crippen LogP contribution is 2.44. The number of hydrogen-bond donors (Lipinski definition) is 0. The third-order valence-electron chi connectivity index (χ3n) is 5.69. The summed E-state index contributed by atoms with van der Waals surface area (Å²) >= 11 is 0. The maximum Gasteiger partial charge on any atom is 0.285 e. The highest BCUT2D eigenvalue weighted by molar-refractivity contribution is 4.89. The summed E-state index contributed by atoms with van der Waals surface area (Å²) in [4.78, 5) is 0. The molecular formula is C22H44O4. The molecule has 0 spiro atoms. The Bertz CT molecular complexity index is 319. The zero-order chi connectivity index (χ0) is 19.3. The van der Waals surface area contributed by atoms with Crippen LogP contribution in [0.15, 0.2) is 0 Å². The number of unbranched alkanes of at least 4 members (excludes halogenated alkanes) is 5. The highest BCUT2D eigenvalue weighted by Gasteiger charge is 2.48. The van der Waals surface area contributed by atoms with Gasteiger partial charge in [0.2, 0.25) is 0 Å². The predicted molar refractivity (Wildman–Crippen MR) is 107 cm³/mol. The van der Waals surface area contributed by atoms with Gasteiger partial charge < -0.3 is 18.9 Å². The van der Waals surface area contributed by atoms with Crippen molar-refractivity contribution in [2.75, 3.05) is 33.0 Å². The van der Waals surface area contributed by atoms with E-state index in [0.29, 0.717) is 19.8 Å². The quantitative estimate of drug-likeness (QED) is 0.234. The molecule has 1 rings (SSSR count). The van der Waals surface area contributed by atoms with Gasteiger partial charge in [-0.15, -0.1) is 0 Å². The van der Waals surface area contributed by atoms with Crippen molar-refractivity contribution < 1.29 is 18.9 Å². The zero-order valence-electron chi connectivity index (χ0n) is 18.1. The van der Waals surface area contributed by atoms with Crippen LogP contribution in [-0.2, 0) is 18.9 Å². The monoisotopic (exact) mass is 372 g/mol. The van der Waals surface area contributed by atoms with Crippen LogP contribution in [0.25, 0.3) is 0 Å². The van der Waals surface area contributed by atoms with Gasteiger partial charge in [-0.05, 0) is 40.0 Å². The summed E-state index contributed by atoms with van der Waals surface area (Å²) in [5, 5.41) is 0. The maximum absolute atomic E-state index is 6.14. The topological polar surface area (TPSA) is 36.9 Å². The van der Waals surface area contributed by atoms with Gasteiger partial charge in [0.05, 0.1) is 13.2 Å². The Kier molecular flexibility index (Phi) is 12.0. The molecular weight excluding hydrogens is 328 g/mol. The second-order valence-corrected chi connectivity index (χ2v) is 7.71. The smallest absolute Gasteiger partial charge is 0.285 e. The first-order valence-electron chi connectivity index (χ1n) is 11.1. The number of hydrogen-bond acceptors (Lipinski definition) is 4. The average molecular weight is 373 g/mol.